The van der Waals surface area contributed by atoms with Crippen LogP contribution in [0.15, 0.2) is 54.6 Å². The fraction of sp³-hybridized carbons (Fsp3) is 0.217. The lowest BCUT2D eigenvalue weighted by Crippen LogP contribution is -2.37. The quantitative estimate of drug-likeness (QED) is 0.487. The molecule has 1 saturated heterocycles. The van der Waals surface area contributed by atoms with Gasteiger partial charge in [-0.2, -0.15) is 4.98 Å². The number of amides is 2. The Kier molecular flexibility index (Phi) is 5.79. The molecule has 4 N–H and O–H groups in total. The van der Waals surface area contributed by atoms with Gasteiger partial charge in [0.25, 0.3) is 0 Å². The zero-order chi connectivity index (χ0) is 21.8. The van der Waals surface area contributed by atoms with Crippen LogP contribution in [0.4, 0.5) is 28.8 Å². The van der Waals surface area contributed by atoms with Gasteiger partial charge in [-0.1, -0.05) is 17.7 Å². The number of carbonyl (C=O) groups excluding carboxylic acids is 2. The van der Waals surface area contributed by atoms with E-state index in [4.69, 9.17) is 0 Å². The Balaban J connectivity index is 1.40. The smallest absolute Gasteiger partial charge is 0.246 e. The third kappa shape index (κ3) is 5.36. The Hall–Kier alpha value is -3.94. The summed E-state index contributed by atoms with van der Waals surface area (Å²) < 4.78 is 0. The van der Waals surface area contributed by atoms with Gasteiger partial charge in [-0.05, 0) is 56.7 Å². The van der Waals surface area contributed by atoms with Gasteiger partial charge >= 0.3 is 0 Å². The first-order valence-electron chi connectivity index (χ1n) is 10.1. The van der Waals surface area contributed by atoms with Gasteiger partial charge in [0.1, 0.15) is 11.9 Å². The second kappa shape index (κ2) is 8.83. The second-order valence-electron chi connectivity index (χ2n) is 7.56. The molecule has 0 aliphatic carbocycles. The standard InChI is InChI=1S/C23H24N6O2/c1-14-3-5-18(6-4-14)27-23-24-15(2)13-20(29-23)25-16-7-9-17(10-8-16)26-22(31)19-11-12-21(30)28-19/h3-10,13,19H,11-12H2,1-2H3,(H,26,31)(H,28,30)(H2,24,25,27,29)/t19-/m0/s1. The van der Waals surface area contributed by atoms with Gasteiger partial charge < -0.3 is 21.3 Å². The Labute approximate surface area is 180 Å². The van der Waals surface area contributed by atoms with Crippen molar-refractivity contribution in [2.24, 2.45) is 0 Å². The van der Waals surface area contributed by atoms with E-state index in [9.17, 15) is 9.59 Å². The Bertz CT molecular complexity index is 1100. The molecule has 4 rings (SSSR count). The zero-order valence-corrected chi connectivity index (χ0v) is 17.4. The summed E-state index contributed by atoms with van der Waals surface area (Å²) in [5.41, 5.74) is 4.42. The van der Waals surface area contributed by atoms with Crippen molar-refractivity contribution in [2.75, 3.05) is 16.0 Å². The van der Waals surface area contributed by atoms with Crippen molar-refractivity contribution in [3.8, 4) is 0 Å². The topological polar surface area (TPSA) is 108 Å². The fourth-order valence-corrected chi connectivity index (χ4v) is 3.28. The Morgan fingerprint density at radius 3 is 2.26 bits per heavy atom. The molecular weight excluding hydrogens is 392 g/mol. The van der Waals surface area contributed by atoms with E-state index >= 15 is 0 Å². The molecule has 0 spiro atoms. The Morgan fingerprint density at radius 1 is 0.935 bits per heavy atom. The number of anilines is 5. The summed E-state index contributed by atoms with van der Waals surface area (Å²) in [4.78, 5) is 32.5. The minimum atomic E-state index is -0.464. The molecule has 1 aliphatic rings. The first kappa shape index (κ1) is 20.3. The lowest BCUT2D eigenvalue weighted by molar-refractivity contribution is -0.122. The van der Waals surface area contributed by atoms with Crippen molar-refractivity contribution in [3.63, 3.8) is 0 Å². The van der Waals surface area contributed by atoms with E-state index in [1.807, 2.05) is 56.3 Å². The lowest BCUT2D eigenvalue weighted by Gasteiger charge is -2.12. The van der Waals surface area contributed by atoms with E-state index in [1.165, 1.54) is 5.56 Å². The van der Waals surface area contributed by atoms with E-state index in [1.54, 1.807) is 12.1 Å². The molecule has 8 heteroatoms. The van der Waals surface area contributed by atoms with Crippen molar-refractivity contribution in [1.82, 2.24) is 15.3 Å². The van der Waals surface area contributed by atoms with Crippen LogP contribution in [0.5, 0.6) is 0 Å². The van der Waals surface area contributed by atoms with Gasteiger partial charge in [0.15, 0.2) is 0 Å². The van der Waals surface area contributed by atoms with Gasteiger partial charge in [0.2, 0.25) is 17.8 Å². The van der Waals surface area contributed by atoms with E-state index in [0.717, 1.165) is 17.1 Å². The normalized spacial score (nSPS) is 15.3. The predicted octanol–water partition coefficient (Wildman–Crippen LogP) is 3.80. The molecule has 0 bridgehead atoms. The van der Waals surface area contributed by atoms with E-state index in [2.05, 4.69) is 31.2 Å². The van der Waals surface area contributed by atoms with E-state index < -0.39 is 6.04 Å². The molecule has 31 heavy (non-hydrogen) atoms. The Morgan fingerprint density at radius 2 is 1.58 bits per heavy atom. The summed E-state index contributed by atoms with van der Waals surface area (Å²) in [6.45, 7) is 3.95. The van der Waals surface area contributed by atoms with Crippen LogP contribution in [0, 0.1) is 13.8 Å². The average Bonchev–Trinajstić information content (AvgIpc) is 3.17. The van der Waals surface area contributed by atoms with E-state index in [0.29, 0.717) is 30.3 Å². The summed E-state index contributed by atoms with van der Waals surface area (Å²) in [6, 6.07) is 16.7. The highest BCUT2D eigenvalue weighted by atomic mass is 16.2. The summed E-state index contributed by atoms with van der Waals surface area (Å²) in [6.07, 6.45) is 0.913. The number of hydrogen-bond acceptors (Lipinski definition) is 6. The minimum Gasteiger partial charge on any atom is -0.344 e. The molecule has 0 unspecified atom stereocenters. The number of hydrogen-bond donors (Lipinski definition) is 4. The maximum atomic E-state index is 12.2. The molecule has 0 radical (unpaired) electrons. The first-order valence-corrected chi connectivity index (χ1v) is 10.1. The third-order valence-corrected chi connectivity index (χ3v) is 4.90. The number of aryl methyl sites for hydroxylation is 2. The maximum Gasteiger partial charge on any atom is 0.246 e. The molecule has 8 nitrogen and oxygen atoms in total. The van der Waals surface area contributed by atoms with Gasteiger partial charge in [-0.25, -0.2) is 4.98 Å². The van der Waals surface area contributed by atoms with Crippen LogP contribution in [0.3, 0.4) is 0 Å². The largest absolute Gasteiger partial charge is 0.344 e. The van der Waals surface area contributed by atoms with Crippen molar-refractivity contribution < 1.29 is 9.59 Å². The lowest BCUT2D eigenvalue weighted by atomic mass is 10.2. The number of rotatable bonds is 6. The second-order valence-corrected chi connectivity index (χ2v) is 7.56. The molecule has 1 atom stereocenters. The van der Waals surface area contributed by atoms with Crippen molar-refractivity contribution in [2.45, 2.75) is 32.7 Å². The highest BCUT2D eigenvalue weighted by Crippen LogP contribution is 2.21. The van der Waals surface area contributed by atoms with Gasteiger partial charge in [0, 0.05) is 35.2 Å². The molecule has 0 saturated carbocycles. The van der Waals surface area contributed by atoms with Crippen LogP contribution < -0.4 is 21.3 Å². The van der Waals surface area contributed by atoms with Crippen LogP contribution in [0.2, 0.25) is 0 Å². The van der Waals surface area contributed by atoms with Crippen LogP contribution in [-0.4, -0.2) is 27.8 Å². The van der Waals surface area contributed by atoms with Crippen LogP contribution >= 0.6 is 0 Å². The summed E-state index contributed by atoms with van der Waals surface area (Å²) in [5, 5.41) is 12.0. The minimum absolute atomic E-state index is 0.0870. The zero-order valence-electron chi connectivity index (χ0n) is 17.4. The third-order valence-electron chi connectivity index (χ3n) is 4.90. The van der Waals surface area contributed by atoms with Gasteiger partial charge in [-0.15, -0.1) is 0 Å². The summed E-state index contributed by atoms with van der Waals surface area (Å²) >= 11 is 0. The van der Waals surface area contributed by atoms with Gasteiger partial charge in [-0.3, -0.25) is 9.59 Å². The SMILES string of the molecule is Cc1ccc(Nc2nc(C)cc(Nc3ccc(NC(=O)[C@@H]4CCC(=O)N4)cc3)n2)cc1. The monoisotopic (exact) mass is 416 g/mol. The maximum absolute atomic E-state index is 12.2. The van der Waals surface area contributed by atoms with E-state index in [-0.39, 0.29) is 11.8 Å². The predicted molar refractivity (Wildman–Crippen MR) is 121 cm³/mol. The molecular formula is C23H24N6O2. The number of aromatic nitrogens is 2. The highest BCUT2D eigenvalue weighted by Gasteiger charge is 2.27. The summed E-state index contributed by atoms with van der Waals surface area (Å²) in [7, 11) is 0. The number of nitrogens with one attached hydrogen (secondary N) is 4. The van der Waals surface area contributed by atoms with Crippen LogP contribution in [0.25, 0.3) is 0 Å². The van der Waals surface area contributed by atoms with Crippen LogP contribution in [-0.2, 0) is 9.59 Å². The van der Waals surface area contributed by atoms with Crippen LogP contribution in [0.1, 0.15) is 24.1 Å². The van der Waals surface area contributed by atoms with Crippen molar-refractivity contribution in [3.05, 3.63) is 65.9 Å². The molecule has 1 aliphatic heterocycles. The summed E-state index contributed by atoms with van der Waals surface area (Å²) in [5.74, 6) is 0.877. The molecule has 1 fully saturated rings. The van der Waals surface area contributed by atoms with Crippen molar-refractivity contribution in [1.29, 1.82) is 0 Å². The molecule has 2 heterocycles. The first-order chi connectivity index (χ1) is 14.9. The fourth-order valence-electron chi connectivity index (χ4n) is 3.28. The van der Waals surface area contributed by atoms with Gasteiger partial charge in [0.05, 0.1) is 0 Å². The number of carbonyl (C=O) groups is 2. The highest BCUT2D eigenvalue weighted by molar-refractivity contribution is 5.99. The van der Waals surface area contributed by atoms with Crippen molar-refractivity contribution >= 4 is 40.6 Å². The molecule has 2 aromatic carbocycles. The molecule has 2 amide bonds. The number of nitrogens with zero attached hydrogens (tertiary/aromatic N) is 2. The average molecular weight is 416 g/mol. The molecule has 3 aromatic rings. The molecule has 158 valence electrons. The number of benzene rings is 2. The molecule has 1 aromatic heterocycles.